The smallest absolute Gasteiger partial charge is 0.277 e. The second-order valence-corrected chi connectivity index (χ2v) is 7.37. The second kappa shape index (κ2) is 8.91. The number of hydrogen-bond acceptors (Lipinski definition) is 4. The Morgan fingerprint density at radius 2 is 1.74 bits per heavy atom. The lowest BCUT2D eigenvalue weighted by atomic mass is 10.1. The fourth-order valence-corrected chi connectivity index (χ4v) is 3.52. The third-order valence-electron chi connectivity index (χ3n) is 5.18. The van der Waals surface area contributed by atoms with Gasteiger partial charge in [-0.2, -0.15) is 4.52 Å². The molecule has 0 saturated carbocycles. The van der Waals surface area contributed by atoms with Gasteiger partial charge in [-0.15, -0.1) is 0 Å². The first kappa shape index (κ1) is 20.5. The molecule has 2 heterocycles. The number of carbonyl (C=O) groups is 1. The molecule has 31 heavy (non-hydrogen) atoms. The zero-order valence-electron chi connectivity index (χ0n) is 17.1. The first-order chi connectivity index (χ1) is 15.0. The van der Waals surface area contributed by atoms with Crippen LogP contribution >= 0.6 is 0 Å². The van der Waals surface area contributed by atoms with Crippen LogP contribution in [0.15, 0.2) is 65.7 Å². The molecule has 1 amide bonds. The number of benzene rings is 2. The molecule has 0 saturated heterocycles. The van der Waals surface area contributed by atoms with E-state index in [1.807, 2.05) is 30.3 Å². The van der Waals surface area contributed by atoms with Gasteiger partial charge in [-0.25, -0.2) is 14.4 Å². The fourth-order valence-electron chi connectivity index (χ4n) is 3.52. The topological polar surface area (TPSA) is 83.4 Å². The van der Waals surface area contributed by atoms with E-state index in [1.165, 1.54) is 23.0 Å². The molecular weight excluding hydrogens is 397 g/mol. The molecule has 0 spiro atoms. The number of aromatic nitrogens is 4. The quantitative estimate of drug-likeness (QED) is 0.499. The zero-order valence-corrected chi connectivity index (χ0v) is 17.1. The molecule has 2 aromatic heterocycles. The predicted octanol–water partition coefficient (Wildman–Crippen LogP) is 3.03. The number of halogens is 1. The highest BCUT2D eigenvalue weighted by Crippen LogP contribution is 2.14. The van der Waals surface area contributed by atoms with Crippen LogP contribution in [0.5, 0.6) is 0 Å². The van der Waals surface area contributed by atoms with Crippen LogP contribution in [0.3, 0.4) is 0 Å². The number of nitrogens with zero attached hydrogens (tertiary/aromatic N) is 4. The van der Waals surface area contributed by atoms with Gasteiger partial charge in [0, 0.05) is 25.1 Å². The summed E-state index contributed by atoms with van der Waals surface area (Å²) >= 11 is 0. The molecule has 158 valence electrons. The van der Waals surface area contributed by atoms with Crippen molar-refractivity contribution in [2.45, 2.75) is 32.9 Å². The molecule has 0 aliphatic heterocycles. The van der Waals surface area contributed by atoms with Crippen molar-refractivity contribution in [2.75, 3.05) is 0 Å². The molecule has 0 radical (unpaired) electrons. The third-order valence-corrected chi connectivity index (χ3v) is 5.18. The van der Waals surface area contributed by atoms with Crippen LogP contribution in [0, 0.1) is 12.7 Å². The van der Waals surface area contributed by atoms with Gasteiger partial charge in [-0.1, -0.05) is 42.5 Å². The van der Waals surface area contributed by atoms with Crippen LogP contribution in [-0.4, -0.2) is 30.4 Å². The number of aromatic amines is 1. The van der Waals surface area contributed by atoms with Crippen molar-refractivity contribution in [3.63, 3.8) is 0 Å². The first-order valence-electron chi connectivity index (χ1n) is 9.99. The minimum Gasteiger partial charge on any atom is -0.334 e. The van der Waals surface area contributed by atoms with E-state index in [4.69, 9.17) is 0 Å². The molecule has 2 aromatic carbocycles. The minimum atomic E-state index is -0.317. The molecule has 4 rings (SSSR count). The zero-order chi connectivity index (χ0) is 21.8. The van der Waals surface area contributed by atoms with Crippen molar-refractivity contribution in [1.29, 1.82) is 0 Å². The van der Waals surface area contributed by atoms with E-state index in [2.05, 4.69) is 15.1 Å². The summed E-state index contributed by atoms with van der Waals surface area (Å²) in [5.74, 6) is -0.108. The Morgan fingerprint density at radius 1 is 1.06 bits per heavy atom. The highest BCUT2D eigenvalue weighted by atomic mass is 19.1. The average molecular weight is 419 g/mol. The summed E-state index contributed by atoms with van der Waals surface area (Å²) in [5.41, 5.74) is 2.63. The number of hydrogen-bond donors (Lipinski definition) is 1. The van der Waals surface area contributed by atoms with Crippen molar-refractivity contribution >= 4 is 11.7 Å². The van der Waals surface area contributed by atoms with Crippen LogP contribution in [0.2, 0.25) is 0 Å². The lowest BCUT2D eigenvalue weighted by Crippen LogP contribution is -2.31. The van der Waals surface area contributed by atoms with E-state index in [-0.39, 0.29) is 30.1 Å². The Morgan fingerprint density at radius 3 is 2.45 bits per heavy atom. The maximum atomic E-state index is 13.3. The molecule has 0 atom stereocenters. The Bertz CT molecular complexity index is 1250. The maximum Gasteiger partial charge on any atom is 0.277 e. The molecule has 0 aliphatic rings. The number of nitrogens with one attached hydrogen (secondary N) is 1. The van der Waals surface area contributed by atoms with E-state index in [0.29, 0.717) is 30.1 Å². The number of H-pyrrole nitrogens is 1. The van der Waals surface area contributed by atoms with Crippen molar-refractivity contribution in [1.82, 2.24) is 24.5 Å². The van der Waals surface area contributed by atoms with Crippen LogP contribution in [0.4, 0.5) is 4.39 Å². The molecule has 0 fully saturated rings. The normalized spacial score (nSPS) is 11.0. The Kier molecular flexibility index (Phi) is 5.88. The molecule has 8 heteroatoms. The highest BCUT2D eigenvalue weighted by Gasteiger charge is 2.18. The molecule has 7 nitrogen and oxygen atoms in total. The Hall–Kier alpha value is -3.81. The standard InChI is InChI=1S/C23H22FN5O2/c1-16-20(22(31)29-23(27-16)25-15-26-29)11-12-21(30)28(13-17-5-3-2-4-6-17)14-18-7-9-19(24)10-8-18/h2-10,15H,11-14H2,1H3,(H,25,26,27). The molecule has 0 aliphatic carbocycles. The lowest BCUT2D eigenvalue weighted by molar-refractivity contribution is -0.132. The van der Waals surface area contributed by atoms with Crippen LogP contribution in [0.1, 0.15) is 28.8 Å². The summed E-state index contributed by atoms with van der Waals surface area (Å²) in [6.45, 7) is 2.52. The van der Waals surface area contributed by atoms with Gasteiger partial charge in [-0.3, -0.25) is 14.7 Å². The number of amides is 1. The van der Waals surface area contributed by atoms with E-state index in [1.54, 1.807) is 24.0 Å². The molecule has 4 aromatic rings. The van der Waals surface area contributed by atoms with Gasteiger partial charge in [0.1, 0.15) is 12.1 Å². The number of rotatable bonds is 7. The third kappa shape index (κ3) is 4.69. The van der Waals surface area contributed by atoms with E-state index < -0.39 is 0 Å². The van der Waals surface area contributed by atoms with E-state index >= 15 is 0 Å². The van der Waals surface area contributed by atoms with Crippen molar-refractivity contribution in [2.24, 2.45) is 0 Å². The van der Waals surface area contributed by atoms with Gasteiger partial charge in [-0.05, 0) is 36.6 Å². The van der Waals surface area contributed by atoms with Crippen LogP contribution in [-0.2, 0) is 24.3 Å². The number of carbonyl (C=O) groups excluding carboxylic acids is 1. The largest absolute Gasteiger partial charge is 0.334 e. The van der Waals surface area contributed by atoms with Gasteiger partial charge in [0.2, 0.25) is 5.91 Å². The molecule has 0 bridgehead atoms. The summed E-state index contributed by atoms with van der Waals surface area (Å²) in [7, 11) is 0. The summed E-state index contributed by atoms with van der Waals surface area (Å²) in [6.07, 6.45) is 1.83. The monoisotopic (exact) mass is 419 g/mol. The molecule has 1 N–H and O–H groups in total. The van der Waals surface area contributed by atoms with Crippen molar-refractivity contribution < 1.29 is 9.18 Å². The van der Waals surface area contributed by atoms with Gasteiger partial charge in [0.25, 0.3) is 11.3 Å². The van der Waals surface area contributed by atoms with Crippen LogP contribution < -0.4 is 5.56 Å². The number of fused-ring (bicyclic) bond motifs is 1. The summed E-state index contributed by atoms with van der Waals surface area (Å²) in [5, 5.41) is 2.74. The molecular formula is C23H22FN5O2. The van der Waals surface area contributed by atoms with Gasteiger partial charge >= 0.3 is 0 Å². The Labute approximate surface area is 178 Å². The summed E-state index contributed by atoms with van der Waals surface area (Å²) < 4.78 is 14.5. The van der Waals surface area contributed by atoms with Crippen molar-refractivity contribution in [3.8, 4) is 0 Å². The van der Waals surface area contributed by atoms with E-state index in [9.17, 15) is 14.0 Å². The van der Waals surface area contributed by atoms with Gasteiger partial charge in [0.15, 0.2) is 0 Å². The van der Waals surface area contributed by atoms with E-state index in [0.717, 1.165) is 11.1 Å². The second-order valence-electron chi connectivity index (χ2n) is 7.37. The van der Waals surface area contributed by atoms with Gasteiger partial charge < -0.3 is 4.90 Å². The van der Waals surface area contributed by atoms with Crippen LogP contribution in [0.25, 0.3) is 5.78 Å². The highest BCUT2D eigenvalue weighted by molar-refractivity contribution is 5.76. The van der Waals surface area contributed by atoms with Crippen molar-refractivity contribution in [3.05, 3.63) is 99.5 Å². The predicted molar refractivity (Wildman–Crippen MR) is 114 cm³/mol. The fraction of sp³-hybridized carbons (Fsp3) is 0.217. The molecule has 0 unspecified atom stereocenters. The van der Waals surface area contributed by atoms with Gasteiger partial charge in [0.05, 0.1) is 5.69 Å². The summed E-state index contributed by atoms with van der Waals surface area (Å²) in [4.78, 5) is 35.9. The Balaban J connectivity index is 1.54. The SMILES string of the molecule is Cc1nc2nc[nH]n2c(=O)c1CCC(=O)N(Cc1ccccc1)Cc1ccc(F)cc1. The summed E-state index contributed by atoms with van der Waals surface area (Å²) in [6, 6.07) is 15.8. The maximum absolute atomic E-state index is 13.3. The first-order valence-corrected chi connectivity index (χ1v) is 9.99. The number of aryl methyl sites for hydroxylation is 1. The lowest BCUT2D eigenvalue weighted by Gasteiger charge is -2.23. The average Bonchev–Trinajstić information content (AvgIpc) is 3.24. The minimum absolute atomic E-state index is 0.0957.